The van der Waals surface area contributed by atoms with Gasteiger partial charge in [-0.05, 0) is 30.5 Å². The molecule has 1 unspecified atom stereocenters. The van der Waals surface area contributed by atoms with Crippen molar-refractivity contribution in [2.75, 3.05) is 5.75 Å². The Morgan fingerprint density at radius 1 is 1.00 bits per heavy atom. The second kappa shape index (κ2) is 6.41. The lowest BCUT2D eigenvalue weighted by Gasteiger charge is -2.13. The lowest BCUT2D eigenvalue weighted by Crippen LogP contribution is -2.16. The van der Waals surface area contributed by atoms with E-state index in [1.54, 1.807) is 12.1 Å². The lowest BCUT2D eigenvalue weighted by molar-refractivity contribution is 0.201. The summed E-state index contributed by atoms with van der Waals surface area (Å²) in [7, 11) is -3.36. The molecule has 0 bridgehead atoms. The smallest absolute Gasteiger partial charge is 0.157 e. The molecule has 0 aliphatic carbocycles. The fraction of sp³-hybridized carbons (Fsp3) is 0.294. The van der Waals surface area contributed by atoms with E-state index in [0.717, 1.165) is 16.7 Å². The summed E-state index contributed by atoms with van der Waals surface area (Å²) in [5, 5.41) is 10.1. The highest BCUT2D eigenvalue weighted by Gasteiger charge is 2.20. The monoisotopic (exact) mass is 304 g/mol. The average molecular weight is 304 g/mol. The van der Waals surface area contributed by atoms with E-state index in [4.69, 9.17) is 0 Å². The van der Waals surface area contributed by atoms with E-state index in [1.807, 2.05) is 50.2 Å². The van der Waals surface area contributed by atoms with Gasteiger partial charge in [-0.2, -0.15) is 0 Å². The van der Waals surface area contributed by atoms with Crippen LogP contribution in [-0.4, -0.2) is 19.3 Å². The van der Waals surface area contributed by atoms with Gasteiger partial charge in [0.05, 0.1) is 17.6 Å². The first-order valence-electron chi connectivity index (χ1n) is 6.87. The Bertz CT molecular complexity index is 703. The number of benzene rings is 2. The highest BCUT2D eigenvalue weighted by molar-refractivity contribution is 7.90. The lowest BCUT2D eigenvalue weighted by atomic mass is 10.1. The Labute approximate surface area is 126 Å². The SMILES string of the molecule is Cc1ccc(C(O)CS(=O)(=O)Cc2ccccc2C)cc1. The fourth-order valence-electron chi connectivity index (χ4n) is 2.19. The van der Waals surface area contributed by atoms with E-state index in [2.05, 4.69) is 0 Å². The quantitative estimate of drug-likeness (QED) is 0.924. The molecule has 0 amide bonds. The summed E-state index contributed by atoms with van der Waals surface area (Å²) in [6.45, 7) is 3.84. The highest BCUT2D eigenvalue weighted by atomic mass is 32.2. The fourth-order valence-corrected chi connectivity index (χ4v) is 3.78. The zero-order valence-corrected chi connectivity index (χ0v) is 13.1. The molecule has 0 radical (unpaired) electrons. The Hall–Kier alpha value is -1.65. The Morgan fingerprint density at radius 3 is 2.24 bits per heavy atom. The van der Waals surface area contributed by atoms with Crippen molar-refractivity contribution in [3.8, 4) is 0 Å². The number of aliphatic hydroxyl groups excluding tert-OH is 1. The van der Waals surface area contributed by atoms with Crippen LogP contribution in [0.5, 0.6) is 0 Å². The van der Waals surface area contributed by atoms with Crippen LogP contribution in [0.1, 0.15) is 28.4 Å². The summed E-state index contributed by atoms with van der Waals surface area (Å²) >= 11 is 0. The third-order valence-corrected chi connectivity index (χ3v) is 5.09. The first-order valence-corrected chi connectivity index (χ1v) is 8.69. The summed E-state index contributed by atoms with van der Waals surface area (Å²) in [5.74, 6) is -0.299. The third kappa shape index (κ3) is 4.41. The molecule has 0 spiro atoms. The number of aryl methyl sites for hydroxylation is 2. The largest absolute Gasteiger partial charge is 0.387 e. The number of aliphatic hydroxyl groups is 1. The molecule has 0 fully saturated rings. The van der Waals surface area contributed by atoms with E-state index in [9.17, 15) is 13.5 Å². The molecule has 4 heteroatoms. The number of sulfone groups is 1. The average Bonchev–Trinajstić information content (AvgIpc) is 2.41. The van der Waals surface area contributed by atoms with E-state index in [1.165, 1.54) is 0 Å². The van der Waals surface area contributed by atoms with Gasteiger partial charge in [-0.1, -0.05) is 54.1 Å². The van der Waals surface area contributed by atoms with Crippen molar-refractivity contribution < 1.29 is 13.5 Å². The molecule has 1 atom stereocenters. The minimum atomic E-state index is -3.36. The van der Waals surface area contributed by atoms with Crippen molar-refractivity contribution in [3.05, 3.63) is 70.8 Å². The molecule has 2 rings (SSSR count). The maximum Gasteiger partial charge on any atom is 0.157 e. The predicted octanol–water partition coefficient (Wildman–Crippen LogP) is 2.95. The summed E-state index contributed by atoms with van der Waals surface area (Å²) in [5.41, 5.74) is 3.45. The number of hydrogen-bond acceptors (Lipinski definition) is 3. The van der Waals surface area contributed by atoms with Crippen molar-refractivity contribution >= 4 is 9.84 Å². The zero-order chi connectivity index (χ0) is 15.5. The van der Waals surface area contributed by atoms with Crippen molar-refractivity contribution in [1.82, 2.24) is 0 Å². The van der Waals surface area contributed by atoms with Gasteiger partial charge >= 0.3 is 0 Å². The third-order valence-electron chi connectivity index (χ3n) is 3.51. The highest BCUT2D eigenvalue weighted by Crippen LogP contribution is 2.19. The Kier molecular flexibility index (Phi) is 4.80. The van der Waals surface area contributed by atoms with Crippen molar-refractivity contribution in [1.29, 1.82) is 0 Å². The number of rotatable bonds is 5. The molecule has 21 heavy (non-hydrogen) atoms. The van der Waals surface area contributed by atoms with Crippen LogP contribution in [0.4, 0.5) is 0 Å². The normalized spacial score (nSPS) is 13.1. The van der Waals surface area contributed by atoms with E-state index < -0.39 is 15.9 Å². The van der Waals surface area contributed by atoms with E-state index >= 15 is 0 Å². The molecular formula is C17H20O3S. The first-order chi connectivity index (χ1) is 9.87. The molecule has 0 aliphatic rings. The molecule has 0 aliphatic heterocycles. The molecule has 0 saturated heterocycles. The van der Waals surface area contributed by atoms with Crippen LogP contribution in [-0.2, 0) is 15.6 Å². The predicted molar refractivity (Wildman–Crippen MR) is 84.8 cm³/mol. The van der Waals surface area contributed by atoms with Crippen LogP contribution in [0.3, 0.4) is 0 Å². The second-order valence-electron chi connectivity index (χ2n) is 5.41. The van der Waals surface area contributed by atoms with Gasteiger partial charge in [-0.3, -0.25) is 0 Å². The van der Waals surface area contributed by atoms with E-state index in [-0.39, 0.29) is 11.5 Å². The summed E-state index contributed by atoms with van der Waals surface area (Å²) in [6, 6.07) is 14.7. The molecule has 0 aromatic heterocycles. The van der Waals surface area contributed by atoms with E-state index in [0.29, 0.717) is 5.56 Å². The van der Waals surface area contributed by atoms with Crippen LogP contribution in [0, 0.1) is 13.8 Å². The van der Waals surface area contributed by atoms with Gasteiger partial charge in [0.1, 0.15) is 0 Å². The van der Waals surface area contributed by atoms with Crippen LogP contribution in [0.2, 0.25) is 0 Å². The number of hydrogen-bond donors (Lipinski definition) is 1. The maximum atomic E-state index is 12.2. The minimum absolute atomic E-state index is 0.0391. The zero-order valence-electron chi connectivity index (χ0n) is 12.3. The molecular weight excluding hydrogens is 284 g/mol. The van der Waals surface area contributed by atoms with Gasteiger partial charge in [0.25, 0.3) is 0 Å². The molecule has 2 aromatic rings. The topological polar surface area (TPSA) is 54.4 Å². The molecule has 2 aromatic carbocycles. The molecule has 0 heterocycles. The van der Waals surface area contributed by atoms with Gasteiger partial charge in [-0.15, -0.1) is 0 Å². The van der Waals surface area contributed by atoms with Crippen molar-refractivity contribution in [2.24, 2.45) is 0 Å². The van der Waals surface area contributed by atoms with Crippen LogP contribution >= 0.6 is 0 Å². The van der Waals surface area contributed by atoms with Crippen LogP contribution in [0.25, 0.3) is 0 Å². The maximum absolute atomic E-state index is 12.2. The molecule has 112 valence electrons. The molecule has 0 saturated carbocycles. The Balaban J connectivity index is 2.10. The molecule has 1 N–H and O–H groups in total. The van der Waals surface area contributed by atoms with Crippen LogP contribution in [0.15, 0.2) is 48.5 Å². The summed E-state index contributed by atoms with van der Waals surface area (Å²) in [4.78, 5) is 0. The summed E-state index contributed by atoms with van der Waals surface area (Å²) in [6.07, 6.45) is -0.986. The van der Waals surface area contributed by atoms with Gasteiger partial charge in [-0.25, -0.2) is 8.42 Å². The summed E-state index contributed by atoms with van der Waals surface area (Å²) < 4.78 is 24.5. The molecule has 3 nitrogen and oxygen atoms in total. The van der Waals surface area contributed by atoms with Crippen molar-refractivity contribution in [3.63, 3.8) is 0 Å². The van der Waals surface area contributed by atoms with Crippen LogP contribution < -0.4 is 0 Å². The van der Waals surface area contributed by atoms with Gasteiger partial charge in [0.2, 0.25) is 0 Å². The first kappa shape index (κ1) is 15.7. The standard InChI is InChI=1S/C17H20O3S/c1-13-7-9-15(10-8-13)17(18)12-21(19,20)11-16-6-4-3-5-14(16)2/h3-10,17-18H,11-12H2,1-2H3. The minimum Gasteiger partial charge on any atom is -0.387 e. The van der Waals surface area contributed by atoms with Gasteiger partial charge < -0.3 is 5.11 Å². The van der Waals surface area contributed by atoms with Gasteiger partial charge in [0, 0.05) is 0 Å². The van der Waals surface area contributed by atoms with Gasteiger partial charge in [0.15, 0.2) is 9.84 Å². The van der Waals surface area contributed by atoms with Crippen molar-refractivity contribution in [2.45, 2.75) is 25.7 Å². The Morgan fingerprint density at radius 2 is 1.62 bits per heavy atom. The second-order valence-corrected chi connectivity index (χ2v) is 7.52.